The van der Waals surface area contributed by atoms with E-state index in [1.54, 1.807) is 12.1 Å². The van der Waals surface area contributed by atoms with Gasteiger partial charge in [-0.2, -0.15) is 0 Å². The van der Waals surface area contributed by atoms with Gasteiger partial charge in [0.25, 0.3) is 0 Å². The summed E-state index contributed by atoms with van der Waals surface area (Å²) in [6.07, 6.45) is 1.80. The largest absolute Gasteiger partial charge is 0.481 e. The molecule has 3 rings (SSSR count). The second-order valence-corrected chi connectivity index (χ2v) is 5.83. The maximum Gasteiger partial charge on any atom is 0.303 e. The summed E-state index contributed by atoms with van der Waals surface area (Å²) in [4.78, 5) is 25.0. The summed E-state index contributed by atoms with van der Waals surface area (Å²) in [5, 5.41) is 12.0. The predicted octanol–water partition coefficient (Wildman–Crippen LogP) is 3.98. The van der Waals surface area contributed by atoms with Gasteiger partial charge in [-0.3, -0.25) is 9.59 Å². The van der Waals surface area contributed by atoms with Crippen LogP contribution in [-0.4, -0.2) is 23.4 Å². The third-order valence-electron chi connectivity index (χ3n) is 4.22. The van der Waals surface area contributed by atoms with Crippen LogP contribution in [0.25, 0.3) is 5.70 Å². The topological polar surface area (TPSA) is 69.6 Å². The number of hydrogen-bond donors (Lipinski definition) is 2. The van der Waals surface area contributed by atoms with Gasteiger partial charge in [-0.15, -0.1) is 0 Å². The van der Waals surface area contributed by atoms with Gasteiger partial charge in [-0.1, -0.05) is 30.3 Å². The SMILES string of the molecule is CCN1C(c2ccccc2)=CNc2cc(C(=O)CCC(=O)O)ccc21. The number of rotatable bonds is 6. The van der Waals surface area contributed by atoms with E-state index in [4.69, 9.17) is 5.11 Å². The Labute approximate surface area is 146 Å². The van der Waals surface area contributed by atoms with Crippen molar-refractivity contribution in [2.75, 3.05) is 16.8 Å². The average molecular weight is 336 g/mol. The van der Waals surface area contributed by atoms with E-state index >= 15 is 0 Å². The van der Waals surface area contributed by atoms with E-state index in [1.165, 1.54) is 0 Å². The third-order valence-corrected chi connectivity index (χ3v) is 4.22. The zero-order valence-corrected chi connectivity index (χ0v) is 14.0. The highest BCUT2D eigenvalue weighted by Gasteiger charge is 2.21. The minimum Gasteiger partial charge on any atom is -0.481 e. The van der Waals surface area contributed by atoms with Crippen molar-refractivity contribution in [3.05, 3.63) is 65.9 Å². The minimum atomic E-state index is -0.961. The molecule has 1 aliphatic rings. The van der Waals surface area contributed by atoms with Gasteiger partial charge in [0.05, 0.1) is 23.5 Å². The van der Waals surface area contributed by atoms with Crippen LogP contribution in [0.2, 0.25) is 0 Å². The molecule has 0 spiro atoms. The molecule has 128 valence electrons. The van der Waals surface area contributed by atoms with Crippen molar-refractivity contribution in [3.63, 3.8) is 0 Å². The fourth-order valence-corrected chi connectivity index (χ4v) is 2.97. The Hall–Kier alpha value is -3.08. The lowest BCUT2D eigenvalue weighted by Gasteiger charge is -2.32. The van der Waals surface area contributed by atoms with Gasteiger partial charge in [0.1, 0.15) is 0 Å². The number of nitrogens with zero attached hydrogens (tertiary/aromatic N) is 1. The molecule has 2 N–H and O–H groups in total. The Morgan fingerprint density at radius 1 is 1.08 bits per heavy atom. The summed E-state index contributed by atoms with van der Waals surface area (Å²) in [6.45, 7) is 2.87. The van der Waals surface area contributed by atoms with Gasteiger partial charge in [-0.25, -0.2) is 0 Å². The molecule has 0 aromatic heterocycles. The van der Waals surface area contributed by atoms with Crippen LogP contribution in [0, 0.1) is 0 Å². The van der Waals surface area contributed by atoms with E-state index < -0.39 is 5.97 Å². The second-order valence-electron chi connectivity index (χ2n) is 5.83. The van der Waals surface area contributed by atoms with Crippen LogP contribution in [-0.2, 0) is 4.79 Å². The molecule has 0 fully saturated rings. The van der Waals surface area contributed by atoms with Crippen LogP contribution in [0.5, 0.6) is 0 Å². The Morgan fingerprint density at radius 2 is 1.84 bits per heavy atom. The summed E-state index contributed by atoms with van der Waals surface area (Å²) in [5.41, 5.74) is 4.56. The molecule has 0 atom stereocenters. The number of carboxylic acids is 1. The number of Topliss-reactive ketones (excluding diaryl/α,β-unsaturated/α-hetero) is 1. The highest BCUT2D eigenvalue weighted by atomic mass is 16.4. The first-order valence-electron chi connectivity index (χ1n) is 8.29. The molecule has 0 saturated heterocycles. The lowest BCUT2D eigenvalue weighted by Crippen LogP contribution is -2.25. The summed E-state index contributed by atoms with van der Waals surface area (Å²) >= 11 is 0. The zero-order valence-electron chi connectivity index (χ0n) is 14.0. The van der Waals surface area contributed by atoms with Crippen LogP contribution in [0.4, 0.5) is 11.4 Å². The average Bonchev–Trinajstić information content (AvgIpc) is 2.65. The van der Waals surface area contributed by atoms with E-state index in [0.29, 0.717) is 5.56 Å². The molecule has 5 heteroatoms. The van der Waals surface area contributed by atoms with Gasteiger partial charge in [0.2, 0.25) is 0 Å². The van der Waals surface area contributed by atoms with Crippen LogP contribution >= 0.6 is 0 Å². The number of anilines is 2. The molecule has 5 nitrogen and oxygen atoms in total. The fourth-order valence-electron chi connectivity index (χ4n) is 2.97. The Bertz CT molecular complexity index is 828. The van der Waals surface area contributed by atoms with Crippen LogP contribution < -0.4 is 10.2 Å². The van der Waals surface area contributed by atoms with Crippen molar-refractivity contribution in [1.29, 1.82) is 0 Å². The quantitative estimate of drug-likeness (QED) is 0.781. The van der Waals surface area contributed by atoms with Crippen molar-refractivity contribution >= 4 is 28.8 Å². The number of carbonyl (C=O) groups excluding carboxylic acids is 1. The maximum atomic E-state index is 12.2. The summed E-state index contributed by atoms with van der Waals surface area (Å²) < 4.78 is 0. The predicted molar refractivity (Wildman–Crippen MR) is 98.7 cm³/mol. The van der Waals surface area contributed by atoms with Gasteiger partial charge in [-0.05, 0) is 30.7 Å². The van der Waals surface area contributed by atoms with Crippen LogP contribution in [0.1, 0.15) is 35.7 Å². The minimum absolute atomic E-state index is 0.0106. The molecule has 0 radical (unpaired) electrons. The molecular weight excluding hydrogens is 316 g/mol. The molecule has 25 heavy (non-hydrogen) atoms. The second kappa shape index (κ2) is 7.21. The molecule has 1 heterocycles. The van der Waals surface area contributed by atoms with Gasteiger partial charge in [0.15, 0.2) is 5.78 Å². The van der Waals surface area contributed by atoms with E-state index in [-0.39, 0.29) is 18.6 Å². The fraction of sp³-hybridized carbons (Fsp3) is 0.200. The molecule has 2 aromatic carbocycles. The molecule has 1 aliphatic heterocycles. The van der Waals surface area contributed by atoms with E-state index in [9.17, 15) is 9.59 Å². The van der Waals surface area contributed by atoms with E-state index in [0.717, 1.165) is 29.2 Å². The number of ketones is 1. The number of carbonyl (C=O) groups is 2. The molecular formula is C20H20N2O3. The van der Waals surface area contributed by atoms with Crippen molar-refractivity contribution in [3.8, 4) is 0 Å². The molecule has 2 aromatic rings. The zero-order chi connectivity index (χ0) is 17.8. The summed E-state index contributed by atoms with van der Waals surface area (Å²) in [6, 6.07) is 15.6. The Morgan fingerprint density at radius 3 is 2.52 bits per heavy atom. The lowest BCUT2D eigenvalue weighted by atomic mass is 10.0. The van der Waals surface area contributed by atoms with Crippen LogP contribution in [0.3, 0.4) is 0 Å². The number of fused-ring (bicyclic) bond motifs is 1. The molecule has 0 amide bonds. The first-order chi connectivity index (χ1) is 12.1. The third kappa shape index (κ3) is 3.55. The number of hydrogen-bond acceptors (Lipinski definition) is 4. The van der Waals surface area contributed by atoms with Crippen molar-refractivity contribution in [2.24, 2.45) is 0 Å². The summed E-state index contributed by atoms with van der Waals surface area (Å²) in [7, 11) is 0. The molecule has 0 unspecified atom stereocenters. The van der Waals surface area contributed by atoms with Crippen LogP contribution in [0.15, 0.2) is 54.7 Å². The number of nitrogens with one attached hydrogen (secondary N) is 1. The van der Waals surface area contributed by atoms with Gasteiger partial charge >= 0.3 is 5.97 Å². The standard InChI is InChI=1S/C20H20N2O3/c1-2-22-17-9-8-15(19(23)10-11-20(24)25)12-16(17)21-13-18(22)14-6-4-3-5-7-14/h3-9,12-13,21H,2,10-11H2,1H3,(H,24,25). The molecule has 0 aliphatic carbocycles. The highest BCUT2D eigenvalue weighted by Crippen LogP contribution is 2.37. The Kier molecular flexibility index (Phi) is 4.84. The smallest absolute Gasteiger partial charge is 0.303 e. The number of benzene rings is 2. The number of aliphatic carboxylic acids is 1. The van der Waals surface area contributed by atoms with Gasteiger partial charge < -0.3 is 15.3 Å². The molecule has 0 bridgehead atoms. The summed E-state index contributed by atoms with van der Waals surface area (Å²) in [5.74, 6) is -1.12. The van der Waals surface area contributed by atoms with E-state index in [2.05, 4.69) is 29.3 Å². The molecule has 0 saturated carbocycles. The van der Waals surface area contributed by atoms with Gasteiger partial charge in [0, 0.05) is 24.7 Å². The van der Waals surface area contributed by atoms with Crippen molar-refractivity contribution < 1.29 is 14.7 Å². The van der Waals surface area contributed by atoms with E-state index in [1.807, 2.05) is 30.5 Å². The first-order valence-corrected chi connectivity index (χ1v) is 8.29. The first kappa shape index (κ1) is 16.8. The normalized spacial score (nSPS) is 12.8. The maximum absolute atomic E-state index is 12.2. The van der Waals surface area contributed by atoms with Crippen molar-refractivity contribution in [1.82, 2.24) is 0 Å². The monoisotopic (exact) mass is 336 g/mol. The Balaban J connectivity index is 1.88. The highest BCUT2D eigenvalue weighted by molar-refractivity contribution is 6.00. The van der Waals surface area contributed by atoms with Crippen molar-refractivity contribution in [2.45, 2.75) is 19.8 Å². The number of carboxylic acid groups (broad SMARTS) is 1. The lowest BCUT2D eigenvalue weighted by molar-refractivity contribution is -0.136.